The molecule has 0 N–H and O–H groups in total. The Morgan fingerprint density at radius 1 is 0.621 bits per heavy atom. The van der Waals surface area contributed by atoms with Gasteiger partial charge in [0, 0.05) is 11.4 Å². The second-order valence-corrected chi connectivity index (χ2v) is 7.16. The fourth-order valence-electron chi connectivity index (χ4n) is 3.72. The molecule has 0 aliphatic carbocycles. The first-order valence-electron chi connectivity index (χ1n) is 9.93. The van der Waals surface area contributed by atoms with Crippen LogP contribution in [0.15, 0.2) is 97.2 Å². The van der Waals surface area contributed by atoms with Gasteiger partial charge in [-0.1, -0.05) is 66.7 Å². The highest BCUT2D eigenvalue weighted by Crippen LogP contribution is 2.41. The lowest BCUT2D eigenvalue weighted by molar-refractivity contribution is 0.898. The zero-order chi connectivity index (χ0) is 19.5. The van der Waals surface area contributed by atoms with E-state index in [1.54, 1.807) is 0 Å². The van der Waals surface area contributed by atoms with Crippen molar-refractivity contribution in [1.29, 1.82) is 0 Å². The minimum Gasteiger partial charge on any atom is -0.305 e. The van der Waals surface area contributed by atoms with Gasteiger partial charge in [-0.15, -0.1) is 0 Å². The molecule has 0 atom stereocenters. The lowest BCUT2D eigenvalue weighted by Gasteiger charge is -2.20. The lowest BCUT2D eigenvalue weighted by Crippen LogP contribution is -2.24. The third-order valence-electron chi connectivity index (χ3n) is 5.23. The van der Waals surface area contributed by atoms with Crippen molar-refractivity contribution >= 4 is 23.0 Å². The number of nitrogens with zero attached hydrogens (tertiary/aromatic N) is 4. The smallest absolute Gasteiger partial charge is 0.178 e. The van der Waals surface area contributed by atoms with Crippen molar-refractivity contribution in [3.63, 3.8) is 0 Å². The van der Waals surface area contributed by atoms with Gasteiger partial charge in [-0.2, -0.15) is 0 Å². The van der Waals surface area contributed by atoms with Crippen molar-refractivity contribution in [3.8, 4) is 0 Å². The Balaban J connectivity index is 1.49. The largest absolute Gasteiger partial charge is 0.305 e. The van der Waals surface area contributed by atoms with E-state index in [2.05, 4.69) is 88.7 Å². The van der Waals surface area contributed by atoms with E-state index in [4.69, 9.17) is 9.97 Å². The summed E-state index contributed by atoms with van der Waals surface area (Å²) in [4.78, 5) is 14.3. The van der Waals surface area contributed by atoms with E-state index in [0.717, 1.165) is 41.5 Å². The maximum atomic E-state index is 5.02. The van der Waals surface area contributed by atoms with Crippen LogP contribution >= 0.6 is 0 Å². The van der Waals surface area contributed by atoms with Crippen molar-refractivity contribution in [1.82, 2.24) is 9.97 Å². The van der Waals surface area contributed by atoms with E-state index < -0.39 is 0 Å². The van der Waals surface area contributed by atoms with Gasteiger partial charge in [0.2, 0.25) is 0 Å². The van der Waals surface area contributed by atoms with Gasteiger partial charge in [0.15, 0.2) is 11.6 Å². The van der Waals surface area contributed by atoms with Crippen LogP contribution in [0.25, 0.3) is 0 Å². The highest BCUT2D eigenvalue weighted by atomic mass is 15.4. The molecule has 1 aliphatic rings. The Morgan fingerprint density at radius 2 is 1.17 bits per heavy atom. The first-order chi connectivity index (χ1) is 14.4. The molecule has 1 aliphatic heterocycles. The Bertz CT molecular complexity index is 1080. The highest BCUT2D eigenvalue weighted by Gasteiger charge is 2.31. The van der Waals surface area contributed by atoms with Gasteiger partial charge < -0.3 is 9.80 Å². The second-order valence-electron chi connectivity index (χ2n) is 7.16. The molecule has 1 aromatic heterocycles. The number of para-hydroxylation sites is 2. The SMILES string of the molecule is c1ccc(CCc2cnc3c(n2)N(c2ccccc2)CN3c2ccccc2)cc1. The summed E-state index contributed by atoms with van der Waals surface area (Å²) in [6.45, 7) is 0.700. The Kier molecular flexibility index (Phi) is 4.67. The normalized spacial score (nSPS) is 12.8. The number of aromatic nitrogens is 2. The standard InChI is InChI=1S/C25H22N4/c1-4-10-20(11-5-1)16-17-21-18-26-24-25(27-21)29(23-14-8-3-9-15-23)19-28(24)22-12-6-2-7-13-22/h1-15,18H,16-17,19H2. The molecule has 0 saturated carbocycles. The number of anilines is 4. The lowest BCUT2D eigenvalue weighted by atomic mass is 10.1. The van der Waals surface area contributed by atoms with Crippen LogP contribution in [0.3, 0.4) is 0 Å². The summed E-state index contributed by atoms with van der Waals surface area (Å²) in [7, 11) is 0. The summed E-state index contributed by atoms with van der Waals surface area (Å²) < 4.78 is 0. The zero-order valence-electron chi connectivity index (χ0n) is 16.1. The van der Waals surface area contributed by atoms with E-state index in [-0.39, 0.29) is 0 Å². The number of benzene rings is 3. The molecule has 4 heteroatoms. The quantitative estimate of drug-likeness (QED) is 0.458. The maximum Gasteiger partial charge on any atom is 0.178 e. The highest BCUT2D eigenvalue weighted by molar-refractivity contribution is 5.81. The number of rotatable bonds is 5. The van der Waals surface area contributed by atoms with Crippen molar-refractivity contribution in [2.24, 2.45) is 0 Å². The predicted molar refractivity (Wildman–Crippen MR) is 118 cm³/mol. The molecule has 3 aromatic carbocycles. The summed E-state index contributed by atoms with van der Waals surface area (Å²) in [5, 5.41) is 0. The molecule has 0 spiro atoms. The molecule has 2 heterocycles. The predicted octanol–water partition coefficient (Wildman–Crippen LogP) is 5.51. The Hall–Kier alpha value is -3.66. The fraction of sp³-hybridized carbons (Fsp3) is 0.120. The first-order valence-corrected chi connectivity index (χ1v) is 9.93. The topological polar surface area (TPSA) is 32.3 Å². The van der Waals surface area contributed by atoms with Gasteiger partial charge in [0.1, 0.15) is 6.67 Å². The molecule has 5 rings (SSSR count). The van der Waals surface area contributed by atoms with Gasteiger partial charge in [0.05, 0.1) is 11.9 Å². The van der Waals surface area contributed by atoms with Crippen molar-refractivity contribution < 1.29 is 0 Å². The molecule has 0 amide bonds. The Labute approximate surface area is 171 Å². The van der Waals surface area contributed by atoms with Crippen LogP contribution in [0.1, 0.15) is 11.3 Å². The first kappa shape index (κ1) is 17.4. The van der Waals surface area contributed by atoms with E-state index >= 15 is 0 Å². The molecule has 0 bridgehead atoms. The summed E-state index contributed by atoms with van der Waals surface area (Å²) in [5.41, 5.74) is 4.59. The van der Waals surface area contributed by atoms with E-state index in [1.165, 1.54) is 5.56 Å². The molecule has 0 radical (unpaired) electrons. The van der Waals surface area contributed by atoms with Gasteiger partial charge in [-0.25, -0.2) is 9.97 Å². The minimum atomic E-state index is 0.700. The molecule has 142 valence electrons. The van der Waals surface area contributed by atoms with Crippen LogP contribution in [0.5, 0.6) is 0 Å². The summed E-state index contributed by atoms with van der Waals surface area (Å²) >= 11 is 0. The third-order valence-corrected chi connectivity index (χ3v) is 5.23. The fourth-order valence-corrected chi connectivity index (χ4v) is 3.72. The monoisotopic (exact) mass is 378 g/mol. The molecule has 4 nitrogen and oxygen atoms in total. The van der Waals surface area contributed by atoms with Crippen molar-refractivity contribution in [3.05, 3.63) is 108 Å². The summed E-state index contributed by atoms with van der Waals surface area (Å²) in [6, 6.07) is 31.3. The molecular formula is C25H22N4. The molecule has 0 fully saturated rings. The number of hydrogen-bond acceptors (Lipinski definition) is 4. The molecule has 29 heavy (non-hydrogen) atoms. The van der Waals surface area contributed by atoms with Gasteiger partial charge >= 0.3 is 0 Å². The summed E-state index contributed by atoms with van der Waals surface area (Å²) in [6.07, 6.45) is 3.76. The van der Waals surface area contributed by atoms with Crippen LogP contribution in [0.2, 0.25) is 0 Å². The minimum absolute atomic E-state index is 0.700. The van der Waals surface area contributed by atoms with Crippen LogP contribution in [0.4, 0.5) is 23.0 Å². The molecule has 4 aromatic rings. The van der Waals surface area contributed by atoms with Crippen LogP contribution in [0, 0.1) is 0 Å². The average Bonchev–Trinajstić information content (AvgIpc) is 3.18. The van der Waals surface area contributed by atoms with E-state index in [9.17, 15) is 0 Å². The van der Waals surface area contributed by atoms with Gasteiger partial charge in [0.25, 0.3) is 0 Å². The number of hydrogen-bond donors (Lipinski definition) is 0. The van der Waals surface area contributed by atoms with E-state index in [1.807, 2.05) is 18.3 Å². The molecule has 0 unspecified atom stereocenters. The average molecular weight is 378 g/mol. The summed E-state index contributed by atoms with van der Waals surface area (Å²) in [5.74, 6) is 1.83. The zero-order valence-corrected chi connectivity index (χ0v) is 16.1. The van der Waals surface area contributed by atoms with Crippen LogP contribution in [-0.2, 0) is 12.8 Å². The van der Waals surface area contributed by atoms with Gasteiger partial charge in [-0.3, -0.25) is 0 Å². The number of fused-ring (bicyclic) bond motifs is 1. The third kappa shape index (κ3) is 3.57. The van der Waals surface area contributed by atoms with Crippen molar-refractivity contribution in [2.45, 2.75) is 12.8 Å². The molecular weight excluding hydrogens is 356 g/mol. The van der Waals surface area contributed by atoms with Crippen LogP contribution in [-0.4, -0.2) is 16.6 Å². The number of aryl methyl sites for hydroxylation is 2. The second kappa shape index (κ2) is 7.76. The maximum absolute atomic E-state index is 5.02. The molecule has 0 saturated heterocycles. The Morgan fingerprint density at radius 3 is 1.79 bits per heavy atom. The van der Waals surface area contributed by atoms with E-state index in [0.29, 0.717) is 6.67 Å². The van der Waals surface area contributed by atoms with Crippen LogP contribution < -0.4 is 9.80 Å². The van der Waals surface area contributed by atoms with Gasteiger partial charge in [-0.05, 0) is 42.7 Å². The van der Waals surface area contributed by atoms with Crippen molar-refractivity contribution in [2.75, 3.05) is 16.5 Å².